The summed E-state index contributed by atoms with van der Waals surface area (Å²) in [6.07, 6.45) is 6.28. The van der Waals surface area contributed by atoms with E-state index in [-0.39, 0.29) is 0 Å². The summed E-state index contributed by atoms with van der Waals surface area (Å²) in [5.74, 6) is -3.34. The third kappa shape index (κ3) is 10.2. The molecule has 0 rings (SSSR count). The average molecular weight is 509 g/mol. The molecule has 0 radical (unpaired) electrons. The molecule has 0 heterocycles. The van der Waals surface area contributed by atoms with E-state index in [4.69, 9.17) is 39.1 Å². The molecule has 8 nitrogen and oxygen atoms in total. The van der Waals surface area contributed by atoms with Gasteiger partial charge >= 0.3 is 0 Å². The molecule has 0 unspecified atom stereocenters. The van der Waals surface area contributed by atoms with Gasteiger partial charge in [0.1, 0.15) is 11.2 Å². The molecule has 35 heavy (non-hydrogen) atoms. The predicted molar refractivity (Wildman–Crippen MR) is 137 cm³/mol. The van der Waals surface area contributed by atoms with Crippen LogP contribution in [0.2, 0.25) is 0 Å². The van der Waals surface area contributed by atoms with Gasteiger partial charge in [0.25, 0.3) is 0 Å². The SMILES string of the molecule is CCC(C)(CC)OOC(CC)(CC)OOC(CC)(CC)OOC(CC)(CC)OOC(C)(CC)CC. The lowest BCUT2D eigenvalue weighted by atomic mass is 10.0. The number of hydrogen-bond acceptors (Lipinski definition) is 8. The van der Waals surface area contributed by atoms with Crippen molar-refractivity contribution in [1.82, 2.24) is 0 Å². The van der Waals surface area contributed by atoms with Crippen LogP contribution in [0.3, 0.4) is 0 Å². The van der Waals surface area contributed by atoms with Gasteiger partial charge in [-0.2, -0.15) is 29.3 Å². The number of hydrogen-bond donors (Lipinski definition) is 0. The number of rotatable bonds is 22. The van der Waals surface area contributed by atoms with Crippen molar-refractivity contribution in [1.29, 1.82) is 0 Å². The molecule has 8 heteroatoms. The van der Waals surface area contributed by atoms with E-state index in [1.54, 1.807) is 0 Å². The average Bonchev–Trinajstić information content (AvgIpc) is 2.92. The molecular formula is C27H56O8. The molecule has 0 atom stereocenters. The van der Waals surface area contributed by atoms with Gasteiger partial charge in [-0.25, -0.2) is 9.78 Å². The van der Waals surface area contributed by atoms with Gasteiger partial charge in [-0.05, 0) is 39.5 Å². The molecule has 0 aromatic rings. The summed E-state index contributed by atoms with van der Waals surface area (Å²) in [5.41, 5.74) is -0.814. The van der Waals surface area contributed by atoms with Crippen LogP contribution in [0, 0.1) is 0 Å². The summed E-state index contributed by atoms with van der Waals surface area (Å²) in [4.78, 5) is 47.1. The van der Waals surface area contributed by atoms with E-state index >= 15 is 0 Å². The largest absolute Gasteiger partial charge is 0.233 e. The maximum Gasteiger partial charge on any atom is 0.233 e. The van der Waals surface area contributed by atoms with Gasteiger partial charge < -0.3 is 0 Å². The lowest BCUT2D eigenvalue weighted by Gasteiger charge is -2.39. The summed E-state index contributed by atoms with van der Waals surface area (Å²) in [5, 5.41) is 0. The molecule has 0 saturated heterocycles. The van der Waals surface area contributed by atoms with Gasteiger partial charge in [-0.15, -0.1) is 0 Å². The van der Waals surface area contributed by atoms with E-state index in [9.17, 15) is 0 Å². The normalized spacial score (nSPS) is 14.1. The van der Waals surface area contributed by atoms with Gasteiger partial charge in [-0.1, -0.05) is 69.2 Å². The summed E-state index contributed by atoms with van der Waals surface area (Å²) in [6, 6.07) is 0. The van der Waals surface area contributed by atoms with Crippen molar-refractivity contribution in [2.24, 2.45) is 0 Å². The van der Waals surface area contributed by atoms with Crippen LogP contribution in [0.1, 0.15) is 147 Å². The molecule has 0 bridgehead atoms. The van der Waals surface area contributed by atoms with Crippen molar-refractivity contribution in [2.75, 3.05) is 0 Å². The zero-order valence-electron chi connectivity index (χ0n) is 24.8. The Morgan fingerprint density at radius 1 is 0.286 bits per heavy atom. The highest BCUT2D eigenvalue weighted by molar-refractivity contribution is 4.72. The van der Waals surface area contributed by atoms with E-state index in [0.717, 1.165) is 25.7 Å². The summed E-state index contributed by atoms with van der Waals surface area (Å²) < 4.78 is 0. The van der Waals surface area contributed by atoms with E-state index < -0.39 is 28.6 Å². The predicted octanol–water partition coefficient (Wildman–Crippen LogP) is 8.49. The van der Waals surface area contributed by atoms with Gasteiger partial charge in [0.2, 0.25) is 17.4 Å². The second-order valence-corrected chi connectivity index (χ2v) is 9.83. The summed E-state index contributed by atoms with van der Waals surface area (Å²) >= 11 is 0. The first-order valence-electron chi connectivity index (χ1n) is 13.9. The van der Waals surface area contributed by atoms with E-state index in [1.807, 2.05) is 55.4 Å². The zero-order chi connectivity index (χ0) is 27.2. The van der Waals surface area contributed by atoms with E-state index in [2.05, 4.69) is 27.7 Å². The molecule has 0 spiro atoms. The molecular weight excluding hydrogens is 452 g/mol. The second-order valence-electron chi connectivity index (χ2n) is 9.83. The van der Waals surface area contributed by atoms with Crippen molar-refractivity contribution in [2.45, 2.75) is 176 Å². The third-order valence-electron chi connectivity index (χ3n) is 7.70. The molecule has 0 aliphatic rings. The van der Waals surface area contributed by atoms with Gasteiger partial charge in [0.05, 0.1) is 0 Å². The zero-order valence-corrected chi connectivity index (χ0v) is 24.8. The Morgan fingerprint density at radius 3 is 0.600 bits per heavy atom. The Labute approximate surface area is 215 Å². The molecule has 0 aliphatic heterocycles. The lowest BCUT2D eigenvalue weighted by molar-refractivity contribution is -0.618. The highest BCUT2D eigenvalue weighted by Gasteiger charge is 2.43. The minimum absolute atomic E-state index is 0.407. The standard InChI is InChI=1S/C27H56O8/c1-13-23(11,14-2)28-30-25(17-5,18-6)32-34-27(21-9,22-10)35-33-26(19-7,20-8)31-29-24(12,15-3)16-4/h13-22H2,1-12H3. The fraction of sp³-hybridized carbons (Fsp3) is 1.00. The Hall–Kier alpha value is -0.320. The van der Waals surface area contributed by atoms with Gasteiger partial charge in [0.15, 0.2) is 0 Å². The third-order valence-corrected chi connectivity index (χ3v) is 7.70. The fourth-order valence-electron chi connectivity index (χ4n) is 2.89. The highest BCUT2D eigenvalue weighted by Crippen LogP contribution is 2.35. The van der Waals surface area contributed by atoms with E-state index in [0.29, 0.717) is 38.5 Å². The molecule has 0 aliphatic carbocycles. The maximum atomic E-state index is 5.93. The van der Waals surface area contributed by atoms with Gasteiger partial charge in [0, 0.05) is 38.5 Å². The van der Waals surface area contributed by atoms with Crippen LogP contribution in [-0.2, 0) is 39.1 Å². The summed E-state index contributed by atoms with van der Waals surface area (Å²) in [7, 11) is 0. The molecule has 0 fully saturated rings. The van der Waals surface area contributed by atoms with Crippen LogP contribution in [0.15, 0.2) is 0 Å². The van der Waals surface area contributed by atoms with E-state index in [1.165, 1.54) is 0 Å². The quantitative estimate of drug-likeness (QED) is 0.0818. The second kappa shape index (κ2) is 15.8. The first kappa shape index (κ1) is 34.7. The van der Waals surface area contributed by atoms with Gasteiger partial charge in [-0.3, -0.25) is 0 Å². The highest BCUT2D eigenvalue weighted by atomic mass is 17.4. The first-order valence-corrected chi connectivity index (χ1v) is 13.9. The van der Waals surface area contributed by atoms with Crippen molar-refractivity contribution >= 4 is 0 Å². The monoisotopic (exact) mass is 508 g/mol. The summed E-state index contributed by atoms with van der Waals surface area (Å²) in [6.45, 7) is 24.0. The van der Waals surface area contributed by atoms with Crippen molar-refractivity contribution in [3.05, 3.63) is 0 Å². The molecule has 0 N–H and O–H groups in total. The Bertz CT molecular complexity index is 489. The topological polar surface area (TPSA) is 73.8 Å². The lowest BCUT2D eigenvalue weighted by Crippen LogP contribution is -2.46. The van der Waals surface area contributed by atoms with Crippen LogP contribution in [0.25, 0.3) is 0 Å². The van der Waals surface area contributed by atoms with Crippen LogP contribution < -0.4 is 0 Å². The molecule has 0 saturated carbocycles. The maximum absolute atomic E-state index is 5.93. The van der Waals surface area contributed by atoms with Crippen LogP contribution in [0.4, 0.5) is 0 Å². The smallest absolute Gasteiger partial charge is 0.227 e. The van der Waals surface area contributed by atoms with Crippen molar-refractivity contribution in [3.63, 3.8) is 0 Å². The Morgan fingerprint density at radius 2 is 0.457 bits per heavy atom. The van der Waals surface area contributed by atoms with Crippen molar-refractivity contribution in [3.8, 4) is 0 Å². The Kier molecular flexibility index (Phi) is 15.7. The molecule has 212 valence electrons. The van der Waals surface area contributed by atoms with Crippen molar-refractivity contribution < 1.29 is 39.1 Å². The first-order chi connectivity index (χ1) is 16.4. The minimum atomic E-state index is -1.17. The van der Waals surface area contributed by atoms with Crippen LogP contribution in [0.5, 0.6) is 0 Å². The molecule has 0 aromatic heterocycles. The minimum Gasteiger partial charge on any atom is -0.227 e. The molecule has 0 aromatic carbocycles. The van der Waals surface area contributed by atoms with Crippen LogP contribution in [-0.4, -0.2) is 28.6 Å². The fourth-order valence-corrected chi connectivity index (χ4v) is 2.89. The Balaban J connectivity index is 5.50. The molecule has 0 amide bonds. The van der Waals surface area contributed by atoms with Crippen LogP contribution >= 0.6 is 0 Å².